The summed E-state index contributed by atoms with van der Waals surface area (Å²) in [7, 11) is -3.22. The van der Waals surface area contributed by atoms with Crippen molar-refractivity contribution in [1.29, 1.82) is 0 Å². The summed E-state index contributed by atoms with van der Waals surface area (Å²) in [5, 5.41) is 4.84. The zero-order valence-corrected chi connectivity index (χ0v) is 31.6. The zero-order chi connectivity index (χ0) is 31.7. The van der Waals surface area contributed by atoms with E-state index in [9.17, 15) is 0 Å². The third kappa shape index (κ3) is 8.33. The first-order valence-corrected chi connectivity index (χ1v) is 24.2. The van der Waals surface area contributed by atoms with Gasteiger partial charge in [0, 0.05) is 0 Å². The molecule has 1 atom stereocenters. The van der Waals surface area contributed by atoms with E-state index in [1.807, 2.05) is 0 Å². The zero-order valence-electron chi connectivity index (χ0n) is 29.6. The monoisotopic (exact) mass is 644 g/mol. The van der Waals surface area contributed by atoms with Gasteiger partial charge in [-0.15, -0.1) is 0 Å². The van der Waals surface area contributed by atoms with Gasteiger partial charge in [-0.05, 0) is 0 Å². The molecule has 2 heteroatoms. The molecular formula is C43H66P2. The number of benzene rings is 3. The Morgan fingerprint density at radius 3 is 1.58 bits per heavy atom. The van der Waals surface area contributed by atoms with Gasteiger partial charge in [0.25, 0.3) is 0 Å². The molecule has 0 radical (unpaired) electrons. The molecule has 45 heavy (non-hydrogen) atoms. The molecule has 0 aromatic heterocycles. The second kappa shape index (κ2) is 16.6. The fourth-order valence-corrected chi connectivity index (χ4v) is 19.2. The van der Waals surface area contributed by atoms with Crippen molar-refractivity contribution < 1.29 is 0 Å². The van der Waals surface area contributed by atoms with Crippen LogP contribution in [-0.4, -0.2) is 30.8 Å². The Labute approximate surface area is 279 Å². The van der Waals surface area contributed by atoms with E-state index in [1.54, 1.807) is 27.6 Å². The second-order valence-electron chi connectivity index (χ2n) is 15.6. The van der Waals surface area contributed by atoms with E-state index >= 15 is 0 Å². The Balaban J connectivity index is 1.38. The minimum atomic E-state index is -2.20. The molecule has 248 valence electrons. The van der Waals surface area contributed by atoms with Crippen LogP contribution in [-0.2, 0) is 6.42 Å². The van der Waals surface area contributed by atoms with Crippen molar-refractivity contribution in [3.63, 3.8) is 0 Å². The van der Waals surface area contributed by atoms with Gasteiger partial charge in [0.05, 0.1) is 0 Å². The molecule has 0 bridgehead atoms. The molecule has 0 aliphatic heterocycles. The summed E-state index contributed by atoms with van der Waals surface area (Å²) in [6, 6.07) is 33.6. The van der Waals surface area contributed by atoms with Gasteiger partial charge in [0.15, 0.2) is 0 Å². The Hall–Kier alpha value is -1.48. The topological polar surface area (TPSA) is 0 Å². The summed E-state index contributed by atoms with van der Waals surface area (Å²) in [5.74, 6) is 4.44. The minimum absolute atomic E-state index is 0.764. The first-order valence-electron chi connectivity index (χ1n) is 19.2. The molecule has 2 aliphatic rings. The average molecular weight is 645 g/mol. The Kier molecular flexibility index (Phi) is 12.8. The van der Waals surface area contributed by atoms with E-state index in [2.05, 4.69) is 120 Å². The maximum absolute atomic E-state index is 2.69. The van der Waals surface area contributed by atoms with Gasteiger partial charge >= 0.3 is 280 Å². The normalized spacial score (nSPS) is 24.2. The van der Waals surface area contributed by atoms with Gasteiger partial charge in [0.2, 0.25) is 0 Å². The molecular weight excluding hydrogens is 578 g/mol. The predicted octanol–water partition coefficient (Wildman–Crippen LogP) is 10.7. The molecule has 0 N–H and O–H groups in total. The Morgan fingerprint density at radius 1 is 0.556 bits per heavy atom. The molecule has 2 saturated carbocycles. The van der Waals surface area contributed by atoms with E-state index in [1.165, 1.54) is 88.9 Å². The van der Waals surface area contributed by atoms with E-state index < -0.39 is 14.5 Å². The van der Waals surface area contributed by atoms with Crippen LogP contribution >= 0.6 is 14.5 Å². The molecule has 3 aromatic carbocycles. The molecule has 0 saturated heterocycles. The van der Waals surface area contributed by atoms with Crippen LogP contribution < -0.4 is 15.9 Å². The van der Waals surface area contributed by atoms with Crippen LogP contribution in [0, 0.1) is 29.6 Å². The first-order chi connectivity index (χ1) is 21.9. The molecule has 0 amide bonds. The molecule has 3 aromatic rings. The van der Waals surface area contributed by atoms with Crippen LogP contribution in [0.25, 0.3) is 0 Å². The molecule has 5 rings (SSSR count). The van der Waals surface area contributed by atoms with Gasteiger partial charge in [0.1, 0.15) is 0 Å². The fraction of sp³-hybridized carbons (Fsp3) is 0.581. The van der Waals surface area contributed by atoms with E-state index in [0.717, 1.165) is 29.6 Å². The summed E-state index contributed by atoms with van der Waals surface area (Å²) in [6.45, 7) is 12.4. The van der Waals surface area contributed by atoms with Crippen molar-refractivity contribution in [3.8, 4) is 0 Å². The van der Waals surface area contributed by atoms with E-state index in [0.29, 0.717) is 0 Å². The van der Waals surface area contributed by atoms with Crippen molar-refractivity contribution in [3.05, 3.63) is 90.5 Å². The van der Waals surface area contributed by atoms with Crippen molar-refractivity contribution >= 4 is 30.4 Å². The molecule has 2 fully saturated rings. The summed E-state index contributed by atoms with van der Waals surface area (Å²) >= 11 is 0. The van der Waals surface area contributed by atoms with Crippen LogP contribution in [0.15, 0.2) is 84.9 Å². The van der Waals surface area contributed by atoms with Crippen LogP contribution in [0.1, 0.15) is 98.0 Å². The first kappa shape index (κ1) is 34.8. The van der Waals surface area contributed by atoms with Gasteiger partial charge < -0.3 is 0 Å². The quantitative estimate of drug-likeness (QED) is 0.153. The Morgan fingerprint density at radius 2 is 1.04 bits per heavy atom. The van der Waals surface area contributed by atoms with E-state index in [-0.39, 0.29) is 0 Å². The van der Waals surface area contributed by atoms with Crippen molar-refractivity contribution in [2.75, 3.05) is 30.8 Å². The number of hydrogen-bond acceptors (Lipinski definition) is 0. The fourth-order valence-electron chi connectivity index (χ4n) is 9.83. The van der Waals surface area contributed by atoms with E-state index in [4.69, 9.17) is 0 Å². The van der Waals surface area contributed by atoms with Crippen LogP contribution in [0.2, 0.25) is 0 Å². The Bertz CT molecular complexity index is 1220. The molecule has 2 aliphatic carbocycles. The standard InChI is InChI=1S/C43H66P2/c1-6-36-23-25-38(26-24-36)34-45(41-18-12-10-13-19-41,42-20-14-11-15-21-42)43-22-16-17-39(32-43)31-35(5)40-29-27-37(28-30-40)33-44(7-2,8-3)9-4/h10-22,32,35-38,40,44-45H,6-9,23-31,33-34H2,1-5H3. The SMILES string of the molecule is CCC1CCC(C[PH](c2ccccc2)(c2ccccc2)c2cccc(CC(C)C3CCC(C[PH](CC)(CC)CC)CC3)c2)CC1. The predicted molar refractivity (Wildman–Crippen MR) is 210 cm³/mol. The molecule has 0 spiro atoms. The maximum atomic E-state index is 2.69. The average Bonchev–Trinajstić information content (AvgIpc) is 3.11. The van der Waals surface area contributed by atoms with Gasteiger partial charge in [-0.1, -0.05) is 0 Å². The van der Waals surface area contributed by atoms with Crippen LogP contribution in [0.3, 0.4) is 0 Å². The van der Waals surface area contributed by atoms with Crippen LogP contribution in [0.4, 0.5) is 0 Å². The summed E-state index contributed by atoms with van der Waals surface area (Å²) < 4.78 is 0. The van der Waals surface area contributed by atoms with Crippen molar-refractivity contribution in [2.45, 2.75) is 98.8 Å². The van der Waals surface area contributed by atoms with Crippen molar-refractivity contribution in [1.82, 2.24) is 0 Å². The third-order valence-corrected chi connectivity index (χ3v) is 24.4. The summed E-state index contributed by atoms with van der Waals surface area (Å²) in [6.07, 6.45) is 21.6. The third-order valence-electron chi connectivity index (χ3n) is 13.3. The second-order valence-corrected chi connectivity index (χ2v) is 25.0. The van der Waals surface area contributed by atoms with Crippen LogP contribution in [0.5, 0.6) is 0 Å². The summed E-state index contributed by atoms with van der Waals surface area (Å²) in [5.41, 5.74) is 1.58. The van der Waals surface area contributed by atoms with Gasteiger partial charge in [-0.25, -0.2) is 0 Å². The van der Waals surface area contributed by atoms with Crippen molar-refractivity contribution in [2.24, 2.45) is 29.6 Å². The molecule has 0 heterocycles. The van der Waals surface area contributed by atoms with Gasteiger partial charge in [-0.3, -0.25) is 0 Å². The molecule has 1 unspecified atom stereocenters. The number of hydrogen-bond donors (Lipinski definition) is 0. The number of rotatable bonds is 14. The van der Waals surface area contributed by atoms with Gasteiger partial charge in [-0.2, -0.15) is 0 Å². The molecule has 0 nitrogen and oxygen atoms in total. The summed E-state index contributed by atoms with van der Waals surface area (Å²) in [4.78, 5) is 0.